The molecule has 0 spiro atoms. The lowest BCUT2D eigenvalue weighted by molar-refractivity contribution is 0.562. The lowest BCUT2D eigenvalue weighted by atomic mass is 9.95. The molecular weight excluding hydrogens is 168 g/mol. The summed E-state index contributed by atoms with van der Waals surface area (Å²) in [5.41, 5.74) is 2.85. The molecule has 0 aromatic rings. The van der Waals surface area contributed by atoms with Gasteiger partial charge in [0.2, 0.25) is 12.2 Å². The normalized spacial score (nSPS) is 6.46. The summed E-state index contributed by atoms with van der Waals surface area (Å²) in [5, 5.41) is 10.8. The summed E-state index contributed by atoms with van der Waals surface area (Å²) in [6.07, 6.45) is 1.50. The molecular formula is C9H10N2O2. The van der Waals surface area contributed by atoms with Gasteiger partial charge in [0, 0.05) is 0 Å². The van der Waals surface area contributed by atoms with Crippen LogP contribution in [0.1, 0.15) is 7.43 Å². The molecule has 0 bridgehead atoms. The number of hydrogen-bond donors (Lipinski definition) is 2. The van der Waals surface area contributed by atoms with Crippen LogP contribution in [0.3, 0.4) is 0 Å². The van der Waals surface area contributed by atoms with Crippen LogP contribution in [0.15, 0.2) is 24.3 Å². The zero-order valence-corrected chi connectivity index (χ0v) is 6.13. The first-order valence-corrected chi connectivity index (χ1v) is 2.98. The quantitative estimate of drug-likeness (QED) is 0.478. The largest absolute Gasteiger partial charge is 0.231 e. The molecule has 0 atom stereocenters. The van der Waals surface area contributed by atoms with Gasteiger partial charge < -0.3 is 0 Å². The van der Waals surface area contributed by atoms with Crippen molar-refractivity contribution in [2.75, 3.05) is 0 Å². The van der Waals surface area contributed by atoms with Crippen LogP contribution in [0.25, 0.3) is 11.1 Å². The highest BCUT2D eigenvalue weighted by Crippen LogP contribution is 2.29. The molecule has 4 nitrogen and oxygen atoms in total. The van der Waals surface area contributed by atoms with Crippen molar-refractivity contribution in [3.63, 3.8) is 0 Å². The molecule has 0 amide bonds. The summed E-state index contributed by atoms with van der Waals surface area (Å²) in [6, 6.07) is 8.48. The molecule has 13 heavy (non-hydrogen) atoms. The van der Waals surface area contributed by atoms with Crippen LogP contribution in [-0.4, -0.2) is 12.2 Å². The molecule has 0 unspecified atom stereocenters. The summed E-state index contributed by atoms with van der Waals surface area (Å²) in [4.78, 5) is 16.7. The second-order valence-corrected chi connectivity index (χ2v) is 1.78. The molecule has 0 saturated carbocycles. The van der Waals surface area contributed by atoms with Gasteiger partial charge in [-0.15, -0.1) is 0 Å². The third-order valence-corrected chi connectivity index (χ3v) is 1.22. The monoisotopic (exact) mass is 178 g/mol. The Morgan fingerprint density at radius 1 is 0.846 bits per heavy atom. The van der Waals surface area contributed by atoms with Crippen LogP contribution in [0.5, 0.6) is 0 Å². The molecule has 0 radical (unpaired) electrons. The van der Waals surface area contributed by atoms with Gasteiger partial charge in [0.15, 0.2) is 0 Å². The van der Waals surface area contributed by atoms with E-state index in [1.54, 1.807) is 0 Å². The Labute approximate surface area is 76.2 Å². The number of fused-ring (bicyclic) bond motifs is 1. The van der Waals surface area contributed by atoms with E-state index in [4.69, 9.17) is 20.4 Å². The Bertz CT molecular complexity index is 272. The highest BCUT2D eigenvalue weighted by atomic mass is 16.1. The SMILES string of the molecule is C.N=C=O.N=C=O.c1cc2ccc1-2. The van der Waals surface area contributed by atoms with Gasteiger partial charge in [0.05, 0.1) is 0 Å². The molecule has 0 fully saturated rings. The second-order valence-electron chi connectivity index (χ2n) is 1.78. The number of isocyanates is 2. The average Bonchev–Trinajstić information content (AvgIpc) is 2.00. The predicted octanol–water partition coefficient (Wildman–Crippen LogP) is 2.11. The molecule has 2 N–H and O–H groups in total. The van der Waals surface area contributed by atoms with E-state index in [1.165, 1.54) is 11.1 Å². The maximum Gasteiger partial charge on any atom is 0.231 e. The van der Waals surface area contributed by atoms with E-state index in [2.05, 4.69) is 24.3 Å². The van der Waals surface area contributed by atoms with Crippen molar-refractivity contribution in [2.24, 2.45) is 0 Å². The first kappa shape index (κ1) is 13.6. The van der Waals surface area contributed by atoms with Gasteiger partial charge in [0.1, 0.15) is 0 Å². The van der Waals surface area contributed by atoms with Crippen LogP contribution < -0.4 is 0 Å². The first-order valence-electron chi connectivity index (χ1n) is 2.98. The number of carbonyl (C=O) groups excluding carboxylic acids is 2. The number of benzene rings is 1. The fourth-order valence-corrected chi connectivity index (χ4v) is 0.663. The molecule has 2 aliphatic carbocycles. The maximum atomic E-state index is 8.35. The Kier molecular flexibility index (Phi) is 8.43. The van der Waals surface area contributed by atoms with Crippen molar-refractivity contribution >= 4 is 12.2 Å². The third-order valence-electron chi connectivity index (χ3n) is 1.22. The molecule has 68 valence electrons. The van der Waals surface area contributed by atoms with E-state index in [9.17, 15) is 0 Å². The van der Waals surface area contributed by atoms with E-state index >= 15 is 0 Å². The smallest absolute Gasteiger partial charge is 0.222 e. The maximum absolute atomic E-state index is 8.35. The summed E-state index contributed by atoms with van der Waals surface area (Å²) in [7, 11) is 0. The number of rotatable bonds is 0. The summed E-state index contributed by atoms with van der Waals surface area (Å²) < 4.78 is 0. The molecule has 0 aromatic carbocycles. The van der Waals surface area contributed by atoms with Crippen molar-refractivity contribution < 1.29 is 9.59 Å². The van der Waals surface area contributed by atoms with Gasteiger partial charge in [-0.2, -0.15) is 0 Å². The Hall–Kier alpha value is -2.02. The van der Waals surface area contributed by atoms with Crippen molar-refractivity contribution in [3.05, 3.63) is 24.3 Å². The number of hydrogen-bond acceptors (Lipinski definition) is 4. The van der Waals surface area contributed by atoms with Gasteiger partial charge in [-0.05, 0) is 11.1 Å². The lowest BCUT2D eigenvalue weighted by Crippen LogP contribution is -1.85. The van der Waals surface area contributed by atoms with Crippen LogP contribution in [0.4, 0.5) is 0 Å². The van der Waals surface area contributed by atoms with Crippen LogP contribution in [0, 0.1) is 10.8 Å². The fourth-order valence-electron chi connectivity index (χ4n) is 0.663. The molecule has 2 rings (SSSR count). The molecule has 4 heteroatoms. The molecule has 0 heterocycles. The fraction of sp³-hybridized carbons (Fsp3) is 0.111. The van der Waals surface area contributed by atoms with Crippen LogP contribution in [0.2, 0.25) is 0 Å². The van der Waals surface area contributed by atoms with Gasteiger partial charge in [-0.25, -0.2) is 20.4 Å². The number of nitrogens with one attached hydrogen (secondary N) is 2. The van der Waals surface area contributed by atoms with E-state index in [0.717, 1.165) is 12.2 Å². The minimum Gasteiger partial charge on any atom is -0.222 e. The standard InChI is InChI=1S/C6H4.2CHNO.CH4/c1-2-6-4-3-5(1)6;2*2-1-3;/h1-4H;2*2H;1H4. The van der Waals surface area contributed by atoms with Gasteiger partial charge in [0.25, 0.3) is 0 Å². The van der Waals surface area contributed by atoms with Gasteiger partial charge >= 0.3 is 0 Å². The third kappa shape index (κ3) is 4.43. The average molecular weight is 178 g/mol. The summed E-state index contributed by atoms with van der Waals surface area (Å²) in [5.74, 6) is 0. The van der Waals surface area contributed by atoms with E-state index in [1.807, 2.05) is 0 Å². The minimum atomic E-state index is 0. The molecule has 2 aliphatic rings. The Morgan fingerprint density at radius 2 is 1.00 bits per heavy atom. The molecule has 0 aliphatic heterocycles. The van der Waals surface area contributed by atoms with Crippen LogP contribution >= 0.6 is 0 Å². The van der Waals surface area contributed by atoms with Crippen molar-refractivity contribution in [1.82, 2.24) is 0 Å². The Morgan fingerprint density at radius 3 is 1.00 bits per heavy atom. The Balaban J connectivity index is 0. The second kappa shape index (κ2) is 8.08. The van der Waals surface area contributed by atoms with Gasteiger partial charge in [-0.3, -0.25) is 0 Å². The van der Waals surface area contributed by atoms with Crippen LogP contribution in [-0.2, 0) is 9.59 Å². The zero-order chi connectivity index (χ0) is 9.40. The van der Waals surface area contributed by atoms with E-state index in [-0.39, 0.29) is 7.43 Å². The zero-order valence-electron chi connectivity index (χ0n) is 6.13. The van der Waals surface area contributed by atoms with Crippen molar-refractivity contribution in [2.45, 2.75) is 7.43 Å². The highest BCUT2D eigenvalue weighted by Gasteiger charge is 2.03. The molecule has 0 saturated heterocycles. The molecule has 0 aromatic heterocycles. The van der Waals surface area contributed by atoms with Gasteiger partial charge in [-0.1, -0.05) is 31.7 Å². The summed E-state index contributed by atoms with van der Waals surface area (Å²) >= 11 is 0. The van der Waals surface area contributed by atoms with Crippen molar-refractivity contribution in [1.29, 1.82) is 10.8 Å². The topological polar surface area (TPSA) is 81.8 Å². The predicted molar refractivity (Wildman–Crippen MR) is 49.0 cm³/mol. The highest BCUT2D eigenvalue weighted by molar-refractivity contribution is 5.75. The first-order chi connectivity index (χ1) is 5.79. The lowest BCUT2D eigenvalue weighted by Gasteiger charge is -2.10. The van der Waals surface area contributed by atoms with E-state index < -0.39 is 0 Å². The van der Waals surface area contributed by atoms with E-state index in [0.29, 0.717) is 0 Å². The van der Waals surface area contributed by atoms with Crippen molar-refractivity contribution in [3.8, 4) is 11.1 Å². The minimum absolute atomic E-state index is 0. The summed E-state index contributed by atoms with van der Waals surface area (Å²) in [6.45, 7) is 0.